The topological polar surface area (TPSA) is 80.5 Å². The SMILES string of the molecule is COc1ccc(NC(=O)N2CC(c3nc(C(C)C)no3)C2)cc1. The molecule has 1 aliphatic heterocycles. The molecule has 0 aliphatic carbocycles. The molecule has 1 fully saturated rings. The van der Waals surface area contributed by atoms with Crippen molar-refractivity contribution in [1.82, 2.24) is 15.0 Å². The molecule has 0 spiro atoms. The van der Waals surface area contributed by atoms with Crippen LogP contribution >= 0.6 is 0 Å². The maximum Gasteiger partial charge on any atom is 0.321 e. The van der Waals surface area contributed by atoms with E-state index in [2.05, 4.69) is 15.5 Å². The van der Waals surface area contributed by atoms with Crippen molar-refractivity contribution in [1.29, 1.82) is 0 Å². The number of anilines is 1. The van der Waals surface area contributed by atoms with Gasteiger partial charge in [0.05, 0.1) is 13.0 Å². The minimum Gasteiger partial charge on any atom is -0.497 e. The maximum absolute atomic E-state index is 12.2. The first-order valence-corrected chi connectivity index (χ1v) is 7.60. The highest BCUT2D eigenvalue weighted by molar-refractivity contribution is 5.90. The Morgan fingerprint density at radius 1 is 1.35 bits per heavy atom. The number of urea groups is 1. The Kier molecular flexibility index (Phi) is 4.18. The van der Waals surface area contributed by atoms with E-state index in [0.29, 0.717) is 24.8 Å². The number of nitrogens with zero attached hydrogens (tertiary/aromatic N) is 3. The molecule has 23 heavy (non-hydrogen) atoms. The van der Waals surface area contributed by atoms with E-state index in [1.165, 1.54) is 0 Å². The third kappa shape index (κ3) is 3.28. The fourth-order valence-corrected chi connectivity index (χ4v) is 2.33. The molecular formula is C16H20N4O3. The molecular weight excluding hydrogens is 296 g/mol. The lowest BCUT2D eigenvalue weighted by Crippen LogP contribution is -2.50. The fourth-order valence-electron chi connectivity index (χ4n) is 2.33. The van der Waals surface area contributed by atoms with E-state index in [-0.39, 0.29) is 17.9 Å². The quantitative estimate of drug-likeness (QED) is 0.938. The van der Waals surface area contributed by atoms with Crippen molar-refractivity contribution in [3.8, 4) is 5.75 Å². The van der Waals surface area contributed by atoms with Crippen molar-refractivity contribution in [2.45, 2.75) is 25.7 Å². The number of likely N-dealkylation sites (tertiary alicyclic amines) is 1. The summed E-state index contributed by atoms with van der Waals surface area (Å²) in [6.45, 7) is 5.21. The predicted octanol–water partition coefficient (Wildman–Crippen LogP) is 2.83. The number of carbonyl (C=O) groups is 1. The standard InChI is InChI=1S/C16H20N4O3/c1-10(2)14-18-15(23-19-14)11-8-20(9-11)16(21)17-12-4-6-13(22-3)7-5-12/h4-7,10-11H,8-9H2,1-3H3,(H,17,21). The molecule has 2 aromatic rings. The van der Waals surface area contributed by atoms with Gasteiger partial charge in [-0.25, -0.2) is 4.79 Å². The average molecular weight is 316 g/mol. The molecule has 1 saturated heterocycles. The van der Waals surface area contributed by atoms with Crippen LogP contribution in [0.15, 0.2) is 28.8 Å². The van der Waals surface area contributed by atoms with Crippen LogP contribution in [0.25, 0.3) is 0 Å². The van der Waals surface area contributed by atoms with Gasteiger partial charge in [-0.3, -0.25) is 0 Å². The fraction of sp³-hybridized carbons (Fsp3) is 0.438. The van der Waals surface area contributed by atoms with Gasteiger partial charge in [0.2, 0.25) is 5.89 Å². The van der Waals surface area contributed by atoms with Crippen molar-refractivity contribution in [2.24, 2.45) is 0 Å². The summed E-state index contributed by atoms with van der Waals surface area (Å²) in [5, 5.41) is 6.81. The smallest absolute Gasteiger partial charge is 0.321 e. The van der Waals surface area contributed by atoms with Gasteiger partial charge in [-0.05, 0) is 24.3 Å². The van der Waals surface area contributed by atoms with Gasteiger partial charge >= 0.3 is 6.03 Å². The second-order valence-corrected chi connectivity index (χ2v) is 5.91. The number of carbonyl (C=O) groups excluding carboxylic acids is 1. The number of rotatable bonds is 4. The number of benzene rings is 1. The molecule has 0 atom stereocenters. The monoisotopic (exact) mass is 316 g/mol. The van der Waals surface area contributed by atoms with Crippen molar-refractivity contribution >= 4 is 11.7 Å². The normalized spacial score (nSPS) is 14.7. The second kappa shape index (κ2) is 6.28. The molecule has 0 saturated carbocycles. The highest BCUT2D eigenvalue weighted by Crippen LogP contribution is 2.27. The van der Waals surface area contributed by atoms with Crippen LogP contribution in [0.4, 0.5) is 10.5 Å². The number of ether oxygens (including phenoxy) is 1. The number of amides is 2. The molecule has 0 bridgehead atoms. The summed E-state index contributed by atoms with van der Waals surface area (Å²) in [5.41, 5.74) is 0.735. The lowest BCUT2D eigenvalue weighted by atomic mass is 10.0. The van der Waals surface area contributed by atoms with Crippen LogP contribution in [0.3, 0.4) is 0 Å². The van der Waals surface area contributed by atoms with Gasteiger partial charge in [0.1, 0.15) is 5.75 Å². The highest BCUT2D eigenvalue weighted by Gasteiger charge is 2.35. The van der Waals surface area contributed by atoms with Gasteiger partial charge < -0.3 is 19.5 Å². The lowest BCUT2D eigenvalue weighted by Gasteiger charge is -2.36. The molecule has 0 radical (unpaired) electrons. The Labute approximate surface area is 134 Å². The van der Waals surface area contributed by atoms with E-state index < -0.39 is 0 Å². The molecule has 3 rings (SSSR count). The molecule has 1 aromatic heterocycles. The van der Waals surface area contributed by atoms with E-state index in [9.17, 15) is 4.79 Å². The first-order chi connectivity index (χ1) is 11.1. The molecule has 1 N–H and O–H groups in total. The molecule has 122 valence electrons. The van der Waals surface area contributed by atoms with Crippen molar-refractivity contribution in [2.75, 3.05) is 25.5 Å². The molecule has 7 nitrogen and oxygen atoms in total. The molecule has 2 amide bonds. The largest absolute Gasteiger partial charge is 0.497 e. The van der Waals surface area contributed by atoms with Crippen LogP contribution < -0.4 is 10.1 Å². The first kappa shape index (κ1) is 15.3. The van der Waals surface area contributed by atoms with E-state index in [1.54, 1.807) is 36.3 Å². The summed E-state index contributed by atoms with van der Waals surface area (Å²) in [5.74, 6) is 2.44. The van der Waals surface area contributed by atoms with Crippen molar-refractivity contribution < 1.29 is 14.1 Å². The summed E-state index contributed by atoms with van der Waals surface area (Å²) in [4.78, 5) is 18.3. The van der Waals surface area contributed by atoms with Gasteiger partial charge in [-0.2, -0.15) is 4.98 Å². The Morgan fingerprint density at radius 3 is 2.61 bits per heavy atom. The number of aromatic nitrogens is 2. The van der Waals surface area contributed by atoms with Crippen molar-refractivity contribution in [3.05, 3.63) is 36.0 Å². The first-order valence-electron chi connectivity index (χ1n) is 7.60. The van der Waals surface area contributed by atoms with E-state index in [4.69, 9.17) is 9.26 Å². The maximum atomic E-state index is 12.2. The second-order valence-electron chi connectivity index (χ2n) is 5.91. The zero-order valence-electron chi connectivity index (χ0n) is 13.4. The van der Waals surface area contributed by atoms with E-state index in [1.807, 2.05) is 13.8 Å². The number of nitrogens with one attached hydrogen (secondary N) is 1. The summed E-state index contributed by atoms with van der Waals surface area (Å²) in [6.07, 6.45) is 0. The molecule has 2 heterocycles. The van der Waals surface area contributed by atoms with Crippen LogP contribution in [-0.2, 0) is 0 Å². The van der Waals surface area contributed by atoms with Crippen LogP contribution in [0, 0.1) is 0 Å². The summed E-state index contributed by atoms with van der Waals surface area (Å²) >= 11 is 0. The van der Waals surface area contributed by atoms with Crippen LogP contribution in [0.2, 0.25) is 0 Å². The third-order valence-electron chi connectivity index (χ3n) is 3.83. The Morgan fingerprint density at radius 2 is 2.04 bits per heavy atom. The summed E-state index contributed by atoms with van der Waals surface area (Å²) < 4.78 is 10.4. The molecule has 0 unspecified atom stereocenters. The minimum atomic E-state index is -0.130. The Balaban J connectivity index is 1.52. The predicted molar refractivity (Wildman–Crippen MR) is 84.7 cm³/mol. The highest BCUT2D eigenvalue weighted by atomic mass is 16.5. The van der Waals surface area contributed by atoms with Gasteiger partial charge in [0, 0.05) is 24.7 Å². The average Bonchev–Trinajstić information content (AvgIpc) is 2.96. The van der Waals surface area contributed by atoms with Crippen LogP contribution in [0.1, 0.15) is 37.4 Å². The molecule has 7 heteroatoms. The van der Waals surface area contributed by atoms with Crippen LogP contribution in [-0.4, -0.2) is 41.3 Å². The van der Waals surface area contributed by atoms with Gasteiger partial charge in [-0.1, -0.05) is 19.0 Å². The summed E-state index contributed by atoms with van der Waals surface area (Å²) in [6, 6.07) is 7.10. The number of hydrogen-bond donors (Lipinski definition) is 1. The van der Waals surface area contributed by atoms with E-state index >= 15 is 0 Å². The molecule has 1 aliphatic rings. The van der Waals surface area contributed by atoms with E-state index in [0.717, 1.165) is 11.4 Å². The zero-order valence-corrected chi connectivity index (χ0v) is 13.4. The minimum absolute atomic E-state index is 0.122. The third-order valence-corrected chi connectivity index (χ3v) is 3.83. The number of methoxy groups -OCH3 is 1. The Bertz CT molecular complexity index is 675. The number of hydrogen-bond acceptors (Lipinski definition) is 5. The summed E-state index contributed by atoms with van der Waals surface area (Å²) in [7, 11) is 1.61. The lowest BCUT2D eigenvalue weighted by molar-refractivity contribution is 0.147. The Hall–Kier alpha value is -2.57. The van der Waals surface area contributed by atoms with Gasteiger partial charge in [0.25, 0.3) is 0 Å². The van der Waals surface area contributed by atoms with Crippen LogP contribution in [0.5, 0.6) is 5.75 Å². The molecule has 1 aromatic carbocycles. The van der Waals surface area contributed by atoms with Gasteiger partial charge in [0.15, 0.2) is 5.82 Å². The van der Waals surface area contributed by atoms with Crippen molar-refractivity contribution in [3.63, 3.8) is 0 Å². The zero-order chi connectivity index (χ0) is 16.4. The van der Waals surface area contributed by atoms with Gasteiger partial charge in [-0.15, -0.1) is 0 Å².